The van der Waals surface area contributed by atoms with Gasteiger partial charge in [-0.3, -0.25) is 4.72 Å². The molecule has 16 heavy (non-hydrogen) atoms. The Bertz CT molecular complexity index is 492. The molecule has 0 aromatic heterocycles. The monoisotopic (exact) mass is 306 g/mol. The van der Waals surface area contributed by atoms with Crippen LogP contribution in [0.4, 0.5) is 11.4 Å². The van der Waals surface area contributed by atoms with E-state index in [0.29, 0.717) is 15.8 Å². The molecule has 0 atom stereocenters. The highest BCUT2D eigenvalue weighted by molar-refractivity contribution is 9.10. The average molecular weight is 307 g/mol. The molecule has 6 heteroatoms. The van der Waals surface area contributed by atoms with Crippen molar-refractivity contribution in [2.24, 2.45) is 0 Å². The van der Waals surface area contributed by atoms with Crippen LogP contribution in [0.25, 0.3) is 0 Å². The fourth-order valence-electron chi connectivity index (χ4n) is 0.912. The Labute approximate surface area is 104 Å². The molecule has 0 fully saturated rings. The van der Waals surface area contributed by atoms with Crippen LogP contribution in [0.15, 0.2) is 22.7 Å². The summed E-state index contributed by atoms with van der Waals surface area (Å²) in [5.41, 5.74) is 6.63. The first-order valence-corrected chi connectivity index (χ1v) is 6.98. The highest BCUT2D eigenvalue weighted by atomic mass is 79.9. The molecule has 0 amide bonds. The van der Waals surface area contributed by atoms with E-state index in [9.17, 15) is 8.42 Å². The van der Waals surface area contributed by atoms with E-state index in [1.165, 1.54) is 0 Å². The number of hydrogen-bond acceptors (Lipinski definition) is 3. The number of nitrogen functional groups attached to an aromatic ring is 1. The normalized spacial score (nSPS) is 12.5. The topological polar surface area (TPSA) is 72.2 Å². The van der Waals surface area contributed by atoms with Crippen LogP contribution in [-0.2, 0) is 10.0 Å². The van der Waals surface area contributed by atoms with Crippen molar-refractivity contribution in [2.45, 2.75) is 25.5 Å². The zero-order chi connectivity index (χ0) is 12.6. The smallest absolute Gasteiger partial charge is 0.237 e. The lowest BCUT2D eigenvalue weighted by molar-refractivity contribution is 0.566. The highest BCUT2D eigenvalue weighted by Crippen LogP contribution is 2.28. The molecule has 0 aliphatic carbocycles. The van der Waals surface area contributed by atoms with Gasteiger partial charge in [0, 0.05) is 10.2 Å². The number of sulfonamides is 1. The van der Waals surface area contributed by atoms with E-state index in [1.807, 2.05) is 0 Å². The Hall–Kier alpha value is -0.750. The van der Waals surface area contributed by atoms with Crippen molar-refractivity contribution in [3.8, 4) is 0 Å². The third kappa shape index (κ3) is 2.89. The van der Waals surface area contributed by atoms with Crippen molar-refractivity contribution in [1.82, 2.24) is 0 Å². The molecule has 3 N–H and O–H groups in total. The van der Waals surface area contributed by atoms with Crippen LogP contribution in [0, 0.1) is 0 Å². The summed E-state index contributed by atoms with van der Waals surface area (Å²) in [4.78, 5) is 0. The van der Waals surface area contributed by atoms with Crippen molar-refractivity contribution in [1.29, 1.82) is 0 Å². The Morgan fingerprint density at radius 1 is 1.31 bits per heavy atom. The lowest BCUT2D eigenvalue weighted by atomic mass is 10.3. The second-order valence-electron chi connectivity index (χ2n) is 4.46. The van der Waals surface area contributed by atoms with E-state index < -0.39 is 14.8 Å². The molecule has 0 aliphatic rings. The van der Waals surface area contributed by atoms with Gasteiger partial charge in [-0.15, -0.1) is 0 Å². The van der Waals surface area contributed by atoms with E-state index >= 15 is 0 Å². The minimum Gasteiger partial charge on any atom is -0.399 e. The number of anilines is 2. The number of benzene rings is 1. The maximum atomic E-state index is 11.9. The van der Waals surface area contributed by atoms with Crippen molar-refractivity contribution in [3.05, 3.63) is 22.7 Å². The van der Waals surface area contributed by atoms with Gasteiger partial charge in [-0.2, -0.15) is 0 Å². The van der Waals surface area contributed by atoms with Gasteiger partial charge in [-0.25, -0.2) is 8.42 Å². The SMILES string of the molecule is CC(C)(C)S(=O)(=O)Nc1ccc(N)cc1Br. The first kappa shape index (κ1) is 13.3. The van der Waals surface area contributed by atoms with Gasteiger partial charge in [-0.05, 0) is 54.9 Å². The van der Waals surface area contributed by atoms with Crippen LogP contribution in [0.1, 0.15) is 20.8 Å². The van der Waals surface area contributed by atoms with E-state index in [-0.39, 0.29) is 0 Å². The molecule has 0 bridgehead atoms. The zero-order valence-electron chi connectivity index (χ0n) is 9.41. The fraction of sp³-hybridized carbons (Fsp3) is 0.400. The lowest BCUT2D eigenvalue weighted by Gasteiger charge is -2.21. The summed E-state index contributed by atoms with van der Waals surface area (Å²) in [5.74, 6) is 0. The molecule has 1 aromatic carbocycles. The molecule has 0 unspecified atom stereocenters. The molecule has 90 valence electrons. The first-order chi connectivity index (χ1) is 7.13. The van der Waals surface area contributed by atoms with Crippen molar-refractivity contribution >= 4 is 37.3 Å². The van der Waals surface area contributed by atoms with Gasteiger partial charge in [0.05, 0.1) is 10.4 Å². The fourth-order valence-corrected chi connectivity index (χ4v) is 2.31. The van der Waals surface area contributed by atoms with Gasteiger partial charge in [0.2, 0.25) is 10.0 Å². The summed E-state index contributed by atoms with van der Waals surface area (Å²) < 4.78 is 26.1. The van der Waals surface area contributed by atoms with Crippen LogP contribution < -0.4 is 10.5 Å². The number of hydrogen-bond donors (Lipinski definition) is 2. The summed E-state index contributed by atoms with van der Waals surface area (Å²) >= 11 is 3.26. The Kier molecular flexibility index (Phi) is 3.54. The van der Waals surface area contributed by atoms with Crippen LogP contribution in [0.5, 0.6) is 0 Å². The minimum atomic E-state index is -3.41. The second kappa shape index (κ2) is 4.25. The predicted octanol–water partition coefficient (Wildman–Crippen LogP) is 2.57. The second-order valence-corrected chi connectivity index (χ2v) is 7.75. The summed E-state index contributed by atoms with van der Waals surface area (Å²) in [6.07, 6.45) is 0. The van der Waals surface area contributed by atoms with Crippen molar-refractivity contribution in [2.75, 3.05) is 10.5 Å². The molecule has 0 aliphatic heterocycles. The number of halogens is 1. The minimum absolute atomic E-state index is 0.490. The molecule has 4 nitrogen and oxygen atoms in total. The highest BCUT2D eigenvalue weighted by Gasteiger charge is 2.29. The van der Waals surface area contributed by atoms with Gasteiger partial charge < -0.3 is 5.73 Å². The number of rotatable bonds is 2. The Morgan fingerprint density at radius 2 is 1.88 bits per heavy atom. The van der Waals surface area contributed by atoms with Gasteiger partial charge >= 0.3 is 0 Å². The summed E-state index contributed by atoms with van der Waals surface area (Å²) in [6, 6.07) is 4.93. The van der Waals surface area contributed by atoms with E-state index in [4.69, 9.17) is 5.73 Å². The maximum Gasteiger partial charge on any atom is 0.237 e. The summed E-state index contributed by atoms with van der Waals surface area (Å²) in [6.45, 7) is 4.92. The third-order valence-electron chi connectivity index (χ3n) is 2.04. The van der Waals surface area contributed by atoms with Crippen molar-refractivity contribution in [3.63, 3.8) is 0 Å². The molecule has 0 spiro atoms. The molecule has 1 aromatic rings. The molecule has 0 saturated carbocycles. The van der Waals surface area contributed by atoms with Gasteiger partial charge in [0.25, 0.3) is 0 Å². The standard InChI is InChI=1S/C10H15BrN2O2S/c1-10(2,3)16(14,15)13-9-5-4-7(12)6-8(9)11/h4-6,13H,12H2,1-3H3. The lowest BCUT2D eigenvalue weighted by Crippen LogP contribution is -2.33. The van der Waals surface area contributed by atoms with E-state index in [2.05, 4.69) is 20.7 Å². The van der Waals surface area contributed by atoms with E-state index in [0.717, 1.165) is 0 Å². The van der Waals surface area contributed by atoms with Crippen LogP contribution >= 0.6 is 15.9 Å². The van der Waals surface area contributed by atoms with Crippen LogP contribution in [-0.4, -0.2) is 13.2 Å². The predicted molar refractivity (Wildman–Crippen MR) is 70.8 cm³/mol. The zero-order valence-corrected chi connectivity index (χ0v) is 11.8. The van der Waals surface area contributed by atoms with Crippen LogP contribution in [0.3, 0.4) is 0 Å². The number of nitrogens with two attached hydrogens (primary N) is 1. The summed E-state index contributed by atoms with van der Waals surface area (Å²) in [5, 5.41) is 0. The van der Waals surface area contributed by atoms with Gasteiger partial charge in [-0.1, -0.05) is 0 Å². The maximum absolute atomic E-state index is 11.9. The first-order valence-electron chi connectivity index (χ1n) is 4.71. The molecule has 0 saturated heterocycles. The third-order valence-corrected chi connectivity index (χ3v) is 4.80. The largest absolute Gasteiger partial charge is 0.399 e. The average Bonchev–Trinajstić information content (AvgIpc) is 2.08. The van der Waals surface area contributed by atoms with Gasteiger partial charge in [0.15, 0.2) is 0 Å². The molecule has 0 radical (unpaired) electrons. The molecular weight excluding hydrogens is 292 g/mol. The molecule has 1 rings (SSSR count). The van der Waals surface area contributed by atoms with E-state index in [1.54, 1.807) is 39.0 Å². The van der Waals surface area contributed by atoms with Crippen molar-refractivity contribution < 1.29 is 8.42 Å². The van der Waals surface area contributed by atoms with Crippen LogP contribution in [0.2, 0.25) is 0 Å². The van der Waals surface area contributed by atoms with Gasteiger partial charge in [0.1, 0.15) is 0 Å². The Morgan fingerprint density at radius 3 is 2.31 bits per heavy atom. The molecule has 0 heterocycles. The Balaban J connectivity index is 3.07. The molecular formula is C10H15BrN2O2S. The number of nitrogens with one attached hydrogen (secondary N) is 1. The summed E-state index contributed by atoms with van der Waals surface area (Å²) in [7, 11) is -3.41. The quantitative estimate of drug-likeness (QED) is 0.825.